The first kappa shape index (κ1) is 13.7. The second-order valence-corrected chi connectivity index (χ2v) is 5.60. The number of nitrogens with zero attached hydrogens (tertiary/aromatic N) is 2. The third kappa shape index (κ3) is 2.83. The van der Waals surface area contributed by atoms with E-state index in [-0.39, 0.29) is 0 Å². The fourth-order valence-electron chi connectivity index (χ4n) is 1.81. The molecular weight excluding hydrogens is 359 g/mol. The molecule has 0 aliphatic rings. The molecule has 0 N–H and O–H groups in total. The summed E-state index contributed by atoms with van der Waals surface area (Å²) in [5, 5.41) is 0.548. The Morgan fingerprint density at radius 2 is 1.94 bits per heavy atom. The minimum Gasteiger partial charge on any atom is -0.232 e. The highest BCUT2D eigenvalue weighted by atomic mass is 127. The lowest BCUT2D eigenvalue weighted by molar-refractivity contribution is 0.867. The summed E-state index contributed by atoms with van der Waals surface area (Å²) in [4.78, 5) is 9.04. The molecule has 1 aromatic carbocycles. The van der Waals surface area contributed by atoms with E-state index in [0.29, 0.717) is 5.15 Å². The predicted molar refractivity (Wildman–Crippen MR) is 83.9 cm³/mol. The van der Waals surface area contributed by atoms with Gasteiger partial charge < -0.3 is 0 Å². The van der Waals surface area contributed by atoms with Crippen molar-refractivity contribution in [3.05, 3.63) is 44.2 Å². The summed E-state index contributed by atoms with van der Waals surface area (Å²) in [6, 6.07) is 8.10. The Hall–Kier alpha value is -0.680. The van der Waals surface area contributed by atoms with Crippen LogP contribution in [0, 0.1) is 10.5 Å². The molecule has 0 aliphatic heterocycles. The van der Waals surface area contributed by atoms with E-state index in [1.807, 2.05) is 18.2 Å². The van der Waals surface area contributed by atoms with E-state index >= 15 is 0 Å². The molecule has 0 aliphatic carbocycles. The number of rotatable bonds is 3. The lowest BCUT2D eigenvalue weighted by Crippen LogP contribution is -2.01. The number of aromatic nitrogens is 2. The van der Waals surface area contributed by atoms with Crippen molar-refractivity contribution in [2.75, 3.05) is 0 Å². The molecule has 0 spiro atoms. The Morgan fingerprint density at radius 1 is 1.22 bits per heavy atom. The van der Waals surface area contributed by atoms with Gasteiger partial charge in [0.15, 0.2) is 5.82 Å². The summed E-state index contributed by atoms with van der Waals surface area (Å²) in [6.07, 6.45) is 1.98. The molecule has 18 heavy (non-hydrogen) atoms. The second kappa shape index (κ2) is 5.97. The molecule has 1 aromatic heterocycles. The van der Waals surface area contributed by atoms with Crippen LogP contribution in [0.25, 0.3) is 11.4 Å². The first-order valence-corrected chi connectivity index (χ1v) is 7.37. The molecule has 2 aromatic rings. The molecule has 2 nitrogen and oxygen atoms in total. The van der Waals surface area contributed by atoms with Crippen LogP contribution in [0.15, 0.2) is 24.3 Å². The zero-order valence-corrected chi connectivity index (χ0v) is 13.3. The Bertz CT molecular complexity index is 570. The maximum atomic E-state index is 6.20. The molecule has 1 heterocycles. The summed E-state index contributed by atoms with van der Waals surface area (Å²) < 4.78 is 0.966. The van der Waals surface area contributed by atoms with Crippen LogP contribution in [-0.4, -0.2) is 9.97 Å². The maximum Gasteiger partial charge on any atom is 0.161 e. The van der Waals surface area contributed by atoms with Gasteiger partial charge >= 0.3 is 0 Å². The molecule has 2 rings (SSSR count). The molecule has 0 bridgehead atoms. The topological polar surface area (TPSA) is 25.8 Å². The van der Waals surface area contributed by atoms with Crippen LogP contribution >= 0.6 is 34.2 Å². The van der Waals surface area contributed by atoms with Crippen molar-refractivity contribution in [3.63, 3.8) is 0 Å². The average Bonchev–Trinajstić information content (AvgIpc) is 2.35. The van der Waals surface area contributed by atoms with E-state index in [4.69, 9.17) is 11.6 Å². The molecule has 0 saturated heterocycles. The summed E-state index contributed by atoms with van der Waals surface area (Å²) in [7, 11) is 0. The lowest BCUT2D eigenvalue weighted by atomic mass is 10.1. The molecular formula is C14H14ClIN2. The highest BCUT2D eigenvalue weighted by Gasteiger charge is 2.12. The Labute approximate surface area is 126 Å². The zero-order chi connectivity index (χ0) is 13.1. The van der Waals surface area contributed by atoms with Crippen molar-refractivity contribution < 1.29 is 0 Å². The largest absolute Gasteiger partial charge is 0.232 e. The van der Waals surface area contributed by atoms with Gasteiger partial charge in [0.2, 0.25) is 0 Å². The SMILES string of the molecule is CCCc1nc(-c2ccccc2C)nc(Cl)c1I. The lowest BCUT2D eigenvalue weighted by Gasteiger charge is -2.09. The average molecular weight is 373 g/mol. The van der Waals surface area contributed by atoms with Crippen molar-refractivity contribution in [1.29, 1.82) is 0 Å². The first-order valence-electron chi connectivity index (χ1n) is 5.91. The van der Waals surface area contributed by atoms with Crippen LogP contribution in [0.4, 0.5) is 0 Å². The van der Waals surface area contributed by atoms with Gasteiger partial charge in [-0.25, -0.2) is 9.97 Å². The van der Waals surface area contributed by atoms with Crippen molar-refractivity contribution in [3.8, 4) is 11.4 Å². The third-order valence-corrected chi connectivity index (χ3v) is 4.48. The summed E-state index contributed by atoms with van der Waals surface area (Å²) >= 11 is 8.41. The van der Waals surface area contributed by atoms with Gasteiger partial charge in [-0.1, -0.05) is 49.2 Å². The summed E-state index contributed by atoms with van der Waals surface area (Å²) in [5.41, 5.74) is 3.25. The molecule has 0 saturated carbocycles. The molecule has 0 amide bonds. The van der Waals surface area contributed by atoms with E-state index in [9.17, 15) is 0 Å². The molecule has 0 unspecified atom stereocenters. The van der Waals surface area contributed by atoms with Crippen LogP contribution < -0.4 is 0 Å². The number of halogens is 2. The van der Waals surface area contributed by atoms with Crippen molar-refractivity contribution in [2.45, 2.75) is 26.7 Å². The summed E-state index contributed by atoms with van der Waals surface area (Å²) in [5.74, 6) is 0.724. The van der Waals surface area contributed by atoms with Crippen LogP contribution in [-0.2, 0) is 6.42 Å². The highest BCUT2D eigenvalue weighted by Crippen LogP contribution is 2.26. The minimum absolute atomic E-state index is 0.548. The molecule has 4 heteroatoms. The van der Waals surface area contributed by atoms with Crippen molar-refractivity contribution >= 4 is 34.2 Å². The molecule has 94 valence electrons. The van der Waals surface area contributed by atoms with E-state index in [2.05, 4.69) is 52.5 Å². The number of benzene rings is 1. The van der Waals surface area contributed by atoms with E-state index in [1.54, 1.807) is 0 Å². The molecule has 0 fully saturated rings. The van der Waals surface area contributed by atoms with Crippen molar-refractivity contribution in [1.82, 2.24) is 9.97 Å². The fraction of sp³-hybridized carbons (Fsp3) is 0.286. The van der Waals surface area contributed by atoms with Gasteiger partial charge in [0.1, 0.15) is 5.15 Å². The van der Waals surface area contributed by atoms with Gasteiger partial charge in [-0.05, 0) is 41.5 Å². The minimum atomic E-state index is 0.548. The van der Waals surface area contributed by atoms with Crippen LogP contribution in [0.1, 0.15) is 24.6 Å². The van der Waals surface area contributed by atoms with Gasteiger partial charge in [0.25, 0.3) is 0 Å². The maximum absolute atomic E-state index is 6.20. The van der Waals surface area contributed by atoms with E-state index in [0.717, 1.165) is 39.1 Å². The normalized spacial score (nSPS) is 10.7. The standard InChI is InChI=1S/C14H14ClIN2/c1-3-6-11-12(16)13(15)18-14(17-11)10-8-5-4-7-9(10)2/h4-5,7-8H,3,6H2,1-2H3. The van der Waals surface area contributed by atoms with Crippen molar-refractivity contribution in [2.24, 2.45) is 0 Å². The van der Waals surface area contributed by atoms with Gasteiger partial charge in [0.05, 0.1) is 9.26 Å². The Kier molecular flexibility index (Phi) is 4.56. The molecule has 0 radical (unpaired) electrons. The zero-order valence-electron chi connectivity index (χ0n) is 10.4. The predicted octanol–water partition coefficient (Wildman–Crippen LogP) is 4.66. The number of hydrogen-bond donors (Lipinski definition) is 0. The Balaban J connectivity index is 2.56. The van der Waals surface area contributed by atoms with Crippen LogP contribution in [0.2, 0.25) is 5.15 Å². The monoisotopic (exact) mass is 372 g/mol. The number of hydrogen-bond acceptors (Lipinski definition) is 2. The van der Waals surface area contributed by atoms with E-state index in [1.165, 1.54) is 0 Å². The van der Waals surface area contributed by atoms with Gasteiger partial charge in [-0.3, -0.25) is 0 Å². The van der Waals surface area contributed by atoms with E-state index < -0.39 is 0 Å². The Morgan fingerprint density at radius 3 is 2.61 bits per heavy atom. The smallest absolute Gasteiger partial charge is 0.161 e. The van der Waals surface area contributed by atoms with Gasteiger partial charge in [-0.15, -0.1) is 0 Å². The number of aryl methyl sites for hydroxylation is 2. The fourth-order valence-corrected chi connectivity index (χ4v) is 2.51. The van der Waals surface area contributed by atoms with Crippen LogP contribution in [0.3, 0.4) is 0 Å². The second-order valence-electron chi connectivity index (χ2n) is 4.16. The quantitative estimate of drug-likeness (QED) is 0.578. The van der Waals surface area contributed by atoms with Crippen LogP contribution in [0.5, 0.6) is 0 Å². The first-order chi connectivity index (χ1) is 8.63. The third-order valence-electron chi connectivity index (χ3n) is 2.75. The molecule has 0 atom stereocenters. The van der Waals surface area contributed by atoms with Gasteiger partial charge in [-0.2, -0.15) is 0 Å². The van der Waals surface area contributed by atoms with Gasteiger partial charge in [0, 0.05) is 5.56 Å². The highest BCUT2D eigenvalue weighted by molar-refractivity contribution is 14.1. The summed E-state index contributed by atoms with van der Waals surface area (Å²) in [6.45, 7) is 4.20.